The summed E-state index contributed by atoms with van der Waals surface area (Å²) in [5.41, 5.74) is 2.23. The first-order valence-electron chi connectivity index (χ1n) is 10.1. The number of rotatable bonds is 12. The fourth-order valence-electron chi connectivity index (χ4n) is 2.71. The molecular formula is C21H33N5O3. The summed E-state index contributed by atoms with van der Waals surface area (Å²) in [5.74, 6) is 3.00. The van der Waals surface area contributed by atoms with E-state index in [2.05, 4.69) is 52.8 Å². The van der Waals surface area contributed by atoms with Crippen LogP contribution in [0.2, 0.25) is 0 Å². The molecule has 160 valence electrons. The van der Waals surface area contributed by atoms with E-state index in [1.54, 1.807) is 7.11 Å². The second-order valence-electron chi connectivity index (χ2n) is 6.77. The quantitative estimate of drug-likeness (QED) is 0.320. The van der Waals surface area contributed by atoms with Crippen molar-refractivity contribution in [1.29, 1.82) is 0 Å². The van der Waals surface area contributed by atoms with Crippen molar-refractivity contribution in [1.82, 2.24) is 20.8 Å². The minimum atomic E-state index is 0.540. The lowest BCUT2D eigenvalue weighted by Gasteiger charge is -2.13. The summed E-state index contributed by atoms with van der Waals surface area (Å²) < 4.78 is 16.2. The van der Waals surface area contributed by atoms with Gasteiger partial charge in [-0.15, -0.1) is 0 Å². The third kappa shape index (κ3) is 8.51. The lowest BCUT2D eigenvalue weighted by Crippen LogP contribution is -2.37. The van der Waals surface area contributed by atoms with Gasteiger partial charge in [0.05, 0.1) is 13.2 Å². The molecule has 2 aromatic rings. The Morgan fingerprint density at radius 3 is 2.76 bits per heavy atom. The van der Waals surface area contributed by atoms with Crippen molar-refractivity contribution in [3.8, 4) is 5.75 Å². The largest absolute Gasteiger partial charge is 0.493 e. The van der Waals surface area contributed by atoms with Crippen molar-refractivity contribution in [2.45, 2.75) is 46.6 Å². The first-order valence-corrected chi connectivity index (χ1v) is 10.1. The highest BCUT2D eigenvalue weighted by molar-refractivity contribution is 5.79. The van der Waals surface area contributed by atoms with Crippen molar-refractivity contribution in [3.63, 3.8) is 0 Å². The standard InChI is InChI=1S/C21H33N5O3/c1-5-22-21(23-11-6-8-20-25-17(3)26-29-20)24-15-18-10-9-16(2)14-19(18)28-13-7-12-27-4/h9-10,14H,5-8,11-13,15H2,1-4H3,(H2,22,23,24). The van der Waals surface area contributed by atoms with Gasteiger partial charge in [0.2, 0.25) is 5.89 Å². The smallest absolute Gasteiger partial charge is 0.226 e. The van der Waals surface area contributed by atoms with Crippen LogP contribution in [-0.2, 0) is 17.7 Å². The molecule has 0 aliphatic heterocycles. The van der Waals surface area contributed by atoms with Crippen molar-refractivity contribution < 1.29 is 14.0 Å². The van der Waals surface area contributed by atoms with Crippen LogP contribution in [0.4, 0.5) is 0 Å². The zero-order chi connectivity index (χ0) is 20.9. The van der Waals surface area contributed by atoms with E-state index in [9.17, 15) is 0 Å². The van der Waals surface area contributed by atoms with Gasteiger partial charge in [0.15, 0.2) is 11.8 Å². The topological polar surface area (TPSA) is 93.8 Å². The van der Waals surface area contributed by atoms with E-state index in [1.807, 2.05) is 6.92 Å². The molecular weight excluding hydrogens is 370 g/mol. The SMILES string of the molecule is CCNC(=NCc1ccc(C)cc1OCCCOC)NCCCc1nc(C)no1. The highest BCUT2D eigenvalue weighted by Gasteiger charge is 2.06. The molecule has 0 amide bonds. The van der Waals surface area contributed by atoms with E-state index < -0.39 is 0 Å². The maximum atomic E-state index is 5.95. The van der Waals surface area contributed by atoms with Gasteiger partial charge in [0.25, 0.3) is 0 Å². The Balaban J connectivity index is 1.89. The predicted octanol–water partition coefficient (Wildman–Crippen LogP) is 2.79. The van der Waals surface area contributed by atoms with Crippen LogP contribution in [0.1, 0.15) is 42.6 Å². The Kier molecular flexibility index (Phi) is 9.99. The molecule has 0 bridgehead atoms. The van der Waals surface area contributed by atoms with Gasteiger partial charge < -0.3 is 24.6 Å². The van der Waals surface area contributed by atoms with Crippen LogP contribution in [0, 0.1) is 13.8 Å². The average molecular weight is 404 g/mol. The van der Waals surface area contributed by atoms with Crippen molar-refractivity contribution in [3.05, 3.63) is 41.0 Å². The van der Waals surface area contributed by atoms with E-state index in [0.717, 1.165) is 49.6 Å². The number of nitrogens with one attached hydrogen (secondary N) is 2. The molecule has 2 N–H and O–H groups in total. The summed E-state index contributed by atoms with van der Waals surface area (Å²) in [6, 6.07) is 6.22. The monoisotopic (exact) mass is 403 g/mol. The van der Waals surface area contributed by atoms with E-state index in [1.165, 1.54) is 5.56 Å². The fourth-order valence-corrected chi connectivity index (χ4v) is 2.71. The summed E-state index contributed by atoms with van der Waals surface area (Å²) in [7, 11) is 1.70. The number of hydrogen-bond acceptors (Lipinski definition) is 6. The first kappa shape index (κ1) is 22.7. The molecule has 1 heterocycles. The van der Waals surface area contributed by atoms with Gasteiger partial charge in [-0.25, -0.2) is 4.99 Å². The van der Waals surface area contributed by atoms with Crippen LogP contribution in [0.25, 0.3) is 0 Å². The Morgan fingerprint density at radius 1 is 1.17 bits per heavy atom. The van der Waals surface area contributed by atoms with Gasteiger partial charge in [0.1, 0.15) is 5.75 Å². The summed E-state index contributed by atoms with van der Waals surface area (Å²) in [4.78, 5) is 8.92. The molecule has 0 saturated heterocycles. The minimum Gasteiger partial charge on any atom is -0.493 e. The average Bonchev–Trinajstić information content (AvgIpc) is 3.12. The number of aliphatic imine (C=N–C) groups is 1. The molecule has 8 nitrogen and oxygen atoms in total. The van der Waals surface area contributed by atoms with E-state index in [0.29, 0.717) is 31.5 Å². The van der Waals surface area contributed by atoms with Crippen LogP contribution in [0.5, 0.6) is 5.75 Å². The number of benzene rings is 1. The summed E-state index contributed by atoms with van der Waals surface area (Å²) in [6.07, 6.45) is 2.48. The molecule has 0 atom stereocenters. The number of aromatic nitrogens is 2. The van der Waals surface area contributed by atoms with Gasteiger partial charge >= 0.3 is 0 Å². The Hall–Kier alpha value is -2.61. The Labute approximate surface area is 173 Å². The molecule has 8 heteroatoms. The Morgan fingerprint density at radius 2 is 2.03 bits per heavy atom. The number of hydrogen-bond donors (Lipinski definition) is 2. The number of ether oxygens (including phenoxy) is 2. The number of methoxy groups -OCH3 is 1. The molecule has 1 aromatic heterocycles. The highest BCUT2D eigenvalue weighted by Crippen LogP contribution is 2.21. The molecule has 0 saturated carbocycles. The second kappa shape index (κ2) is 12.8. The first-order chi connectivity index (χ1) is 14.1. The van der Waals surface area contributed by atoms with Gasteiger partial charge in [-0.2, -0.15) is 4.98 Å². The second-order valence-corrected chi connectivity index (χ2v) is 6.77. The molecule has 0 aliphatic carbocycles. The summed E-state index contributed by atoms with van der Waals surface area (Å²) in [5, 5.41) is 10.4. The minimum absolute atomic E-state index is 0.540. The molecule has 29 heavy (non-hydrogen) atoms. The normalized spacial score (nSPS) is 11.5. The molecule has 0 fully saturated rings. The van der Waals surface area contributed by atoms with Crippen molar-refractivity contribution in [2.24, 2.45) is 4.99 Å². The summed E-state index contributed by atoms with van der Waals surface area (Å²) in [6.45, 7) is 9.35. The van der Waals surface area contributed by atoms with Gasteiger partial charge in [0, 0.05) is 45.2 Å². The fraction of sp³-hybridized carbons (Fsp3) is 0.571. The van der Waals surface area contributed by atoms with Crippen molar-refractivity contribution in [2.75, 3.05) is 33.4 Å². The van der Waals surface area contributed by atoms with Crippen LogP contribution in [0.3, 0.4) is 0 Å². The van der Waals surface area contributed by atoms with Crippen LogP contribution in [-0.4, -0.2) is 49.5 Å². The third-order valence-electron chi connectivity index (χ3n) is 4.15. The number of aryl methyl sites for hydroxylation is 3. The van der Waals surface area contributed by atoms with E-state index >= 15 is 0 Å². The van der Waals surface area contributed by atoms with E-state index in [4.69, 9.17) is 19.0 Å². The zero-order valence-electron chi connectivity index (χ0n) is 18.0. The van der Waals surface area contributed by atoms with Crippen molar-refractivity contribution >= 4 is 5.96 Å². The zero-order valence-corrected chi connectivity index (χ0v) is 18.0. The lowest BCUT2D eigenvalue weighted by molar-refractivity contribution is 0.172. The predicted molar refractivity (Wildman–Crippen MR) is 113 cm³/mol. The molecule has 0 aliphatic rings. The Bertz CT molecular complexity index is 761. The maximum absolute atomic E-state index is 5.95. The maximum Gasteiger partial charge on any atom is 0.226 e. The van der Waals surface area contributed by atoms with Gasteiger partial charge in [-0.1, -0.05) is 17.3 Å². The van der Waals surface area contributed by atoms with Crippen LogP contribution in [0.15, 0.2) is 27.7 Å². The van der Waals surface area contributed by atoms with Crippen LogP contribution >= 0.6 is 0 Å². The highest BCUT2D eigenvalue weighted by atomic mass is 16.5. The number of guanidine groups is 1. The number of nitrogens with zero attached hydrogens (tertiary/aromatic N) is 3. The summed E-state index contributed by atoms with van der Waals surface area (Å²) >= 11 is 0. The van der Waals surface area contributed by atoms with Gasteiger partial charge in [-0.3, -0.25) is 0 Å². The molecule has 0 unspecified atom stereocenters. The third-order valence-corrected chi connectivity index (χ3v) is 4.15. The lowest BCUT2D eigenvalue weighted by atomic mass is 10.1. The molecule has 0 radical (unpaired) electrons. The molecule has 0 spiro atoms. The molecule has 1 aromatic carbocycles. The van der Waals surface area contributed by atoms with Crippen LogP contribution < -0.4 is 15.4 Å². The van der Waals surface area contributed by atoms with E-state index in [-0.39, 0.29) is 0 Å². The van der Waals surface area contributed by atoms with Gasteiger partial charge in [-0.05, 0) is 38.8 Å². The molecule has 2 rings (SSSR count).